The minimum absolute atomic E-state index is 0.0440. The molecule has 3 aromatic rings. The zero-order valence-corrected chi connectivity index (χ0v) is 16.9. The summed E-state index contributed by atoms with van der Waals surface area (Å²) in [5.74, 6) is -0.899. The van der Waals surface area contributed by atoms with Gasteiger partial charge in [-0.05, 0) is 61.0 Å². The highest BCUT2D eigenvalue weighted by Gasteiger charge is 2.57. The summed E-state index contributed by atoms with van der Waals surface area (Å²) in [7, 11) is 0. The highest BCUT2D eigenvalue weighted by molar-refractivity contribution is 5.50. The SMILES string of the molecule is CCOc1ccc(N(Cc2cccc(Oc3ccccc3)c2)CC2CC2(F)F)cc1. The third-order valence-electron chi connectivity index (χ3n) is 5.16. The molecule has 5 heteroatoms. The molecular formula is C25H25F2NO2. The molecule has 0 aromatic heterocycles. The molecular weight excluding hydrogens is 384 g/mol. The number of halogens is 2. The lowest BCUT2D eigenvalue weighted by atomic mass is 10.1. The maximum Gasteiger partial charge on any atom is 0.253 e. The maximum absolute atomic E-state index is 13.6. The summed E-state index contributed by atoms with van der Waals surface area (Å²) >= 11 is 0. The van der Waals surface area contributed by atoms with Gasteiger partial charge in [0.15, 0.2) is 0 Å². The molecule has 0 N–H and O–H groups in total. The van der Waals surface area contributed by atoms with Gasteiger partial charge < -0.3 is 14.4 Å². The Bertz CT molecular complexity index is 960. The Kier molecular flexibility index (Phi) is 5.88. The van der Waals surface area contributed by atoms with Crippen LogP contribution in [0.2, 0.25) is 0 Å². The topological polar surface area (TPSA) is 21.7 Å². The predicted octanol–water partition coefficient (Wildman–Crippen LogP) is 6.54. The van der Waals surface area contributed by atoms with Gasteiger partial charge in [-0.3, -0.25) is 0 Å². The van der Waals surface area contributed by atoms with E-state index in [-0.39, 0.29) is 6.42 Å². The van der Waals surface area contributed by atoms with E-state index >= 15 is 0 Å². The highest BCUT2D eigenvalue weighted by atomic mass is 19.3. The predicted molar refractivity (Wildman–Crippen MR) is 115 cm³/mol. The van der Waals surface area contributed by atoms with Crippen molar-refractivity contribution in [1.82, 2.24) is 0 Å². The summed E-state index contributed by atoms with van der Waals surface area (Å²) in [4.78, 5) is 2.00. The minimum atomic E-state index is -2.55. The van der Waals surface area contributed by atoms with Gasteiger partial charge in [-0.1, -0.05) is 30.3 Å². The van der Waals surface area contributed by atoms with Gasteiger partial charge in [0.1, 0.15) is 17.2 Å². The number of ether oxygens (including phenoxy) is 2. The molecule has 0 spiro atoms. The molecule has 1 atom stereocenters. The first-order chi connectivity index (χ1) is 14.5. The number of rotatable bonds is 9. The van der Waals surface area contributed by atoms with E-state index in [9.17, 15) is 8.78 Å². The van der Waals surface area contributed by atoms with E-state index in [1.54, 1.807) is 0 Å². The standard InChI is InChI=1S/C25H25F2NO2/c1-2-29-22-13-11-21(12-14-22)28(18-20-16-25(20,26)27)17-19-7-6-10-24(15-19)30-23-8-4-3-5-9-23/h3-15,20H,2,16-18H2,1H3. The number of hydrogen-bond donors (Lipinski definition) is 0. The largest absolute Gasteiger partial charge is 0.494 e. The maximum atomic E-state index is 13.6. The molecule has 156 valence electrons. The Labute approximate surface area is 175 Å². The first-order valence-corrected chi connectivity index (χ1v) is 10.2. The smallest absolute Gasteiger partial charge is 0.253 e. The molecule has 1 aliphatic carbocycles. The van der Waals surface area contributed by atoms with Gasteiger partial charge in [-0.25, -0.2) is 8.78 Å². The molecule has 4 rings (SSSR count). The van der Waals surface area contributed by atoms with Gasteiger partial charge in [0.2, 0.25) is 0 Å². The summed E-state index contributed by atoms with van der Waals surface area (Å²) in [5, 5.41) is 0. The molecule has 0 heterocycles. The molecule has 0 bridgehead atoms. The normalized spacial score (nSPS) is 16.7. The first-order valence-electron chi connectivity index (χ1n) is 10.2. The van der Waals surface area contributed by atoms with Crippen molar-refractivity contribution in [3.8, 4) is 17.2 Å². The van der Waals surface area contributed by atoms with Crippen molar-refractivity contribution in [3.05, 3.63) is 84.4 Å². The van der Waals surface area contributed by atoms with Crippen LogP contribution in [0.1, 0.15) is 18.9 Å². The molecule has 30 heavy (non-hydrogen) atoms. The highest BCUT2D eigenvalue weighted by Crippen LogP contribution is 2.49. The van der Waals surface area contributed by atoms with Crippen molar-refractivity contribution in [3.63, 3.8) is 0 Å². The number of nitrogens with zero attached hydrogens (tertiary/aromatic N) is 1. The van der Waals surface area contributed by atoms with E-state index in [4.69, 9.17) is 9.47 Å². The Balaban J connectivity index is 1.52. The second kappa shape index (κ2) is 8.74. The Morgan fingerprint density at radius 3 is 2.27 bits per heavy atom. The lowest BCUT2D eigenvalue weighted by Crippen LogP contribution is -2.26. The zero-order valence-electron chi connectivity index (χ0n) is 16.9. The average Bonchev–Trinajstić information content (AvgIpc) is 3.35. The Morgan fingerprint density at radius 1 is 0.900 bits per heavy atom. The molecule has 1 aliphatic rings. The summed E-state index contributed by atoms with van der Waals surface area (Å²) in [6, 6.07) is 25.0. The second-order valence-corrected chi connectivity index (χ2v) is 7.53. The van der Waals surface area contributed by atoms with Gasteiger partial charge >= 0.3 is 0 Å². The van der Waals surface area contributed by atoms with Crippen LogP contribution >= 0.6 is 0 Å². The third kappa shape index (κ3) is 5.09. The summed E-state index contributed by atoms with van der Waals surface area (Å²) < 4.78 is 38.7. The van der Waals surface area contributed by atoms with Crippen LogP contribution in [0, 0.1) is 5.92 Å². The van der Waals surface area contributed by atoms with Crippen LogP contribution in [-0.2, 0) is 6.54 Å². The third-order valence-corrected chi connectivity index (χ3v) is 5.16. The van der Waals surface area contributed by atoms with Gasteiger partial charge in [0.25, 0.3) is 5.92 Å². The average molecular weight is 409 g/mol. The first kappa shape index (κ1) is 20.2. The molecule has 3 nitrogen and oxygen atoms in total. The van der Waals surface area contributed by atoms with Crippen molar-refractivity contribution in [2.45, 2.75) is 25.8 Å². The summed E-state index contributed by atoms with van der Waals surface area (Å²) in [6.45, 7) is 3.35. The molecule has 0 saturated heterocycles. The van der Waals surface area contributed by atoms with Crippen LogP contribution in [0.25, 0.3) is 0 Å². The zero-order chi connectivity index (χ0) is 21.0. The molecule has 0 radical (unpaired) electrons. The Morgan fingerprint density at radius 2 is 1.60 bits per heavy atom. The number of anilines is 1. The number of alkyl halides is 2. The van der Waals surface area contributed by atoms with Crippen LogP contribution in [0.4, 0.5) is 14.5 Å². The number of benzene rings is 3. The quantitative estimate of drug-likeness (QED) is 0.401. The second-order valence-electron chi connectivity index (χ2n) is 7.53. The van der Waals surface area contributed by atoms with Crippen LogP contribution in [0.3, 0.4) is 0 Å². The molecule has 1 unspecified atom stereocenters. The monoisotopic (exact) mass is 409 g/mol. The summed E-state index contributed by atoms with van der Waals surface area (Å²) in [5.41, 5.74) is 1.90. The minimum Gasteiger partial charge on any atom is -0.494 e. The van der Waals surface area contributed by atoms with Crippen molar-refractivity contribution < 1.29 is 18.3 Å². The van der Waals surface area contributed by atoms with E-state index in [0.29, 0.717) is 19.7 Å². The molecule has 1 fully saturated rings. The fourth-order valence-corrected chi connectivity index (χ4v) is 3.47. The Hall–Kier alpha value is -3.08. The molecule has 3 aromatic carbocycles. The molecule has 1 saturated carbocycles. The fraction of sp³-hybridized carbons (Fsp3) is 0.280. The van der Waals surface area contributed by atoms with Gasteiger partial charge in [-0.15, -0.1) is 0 Å². The molecule has 0 aliphatic heterocycles. The van der Waals surface area contributed by atoms with Crippen LogP contribution in [0.15, 0.2) is 78.9 Å². The van der Waals surface area contributed by atoms with Gasteiger partial charge in [0, 0.05) is 31.1 Å². The van der Waals surface area contributed by atoms with E-state index in [1.165, 1.54) is 0 Å². The van der Waals surface area contributed by atoms with E-state index in [1.807, 2.05) is 90.7 Å². The van der Waals surface area contributed by atoms with Gasteiger partial charge in [0.05, 0.1) is 6.61 Å². The lowest BCUT2D eigenvalue weighted by molar-refractivity contribution is 0.0999. The number of hydrogen-bond acceptors (Lipinski definition) is 3. The van der Waals surface area contributed by atoms with E-state index in [0.717, 1.165) is 28.5 Å². The van der Waals surface area contributed by atoms with Crippen molar-refractivity contribution in [2.24, 2.45) is 5.92 Å². The van der Waals surface area contributed by atoms with Crippen molar-refractivity contribution >= 4 is 5.69 Å². The van der Waals surface area contributed by atoms with E-state index < -0.39 is 11.8 Å². The van der Waals surface area contributed by atoms with Crippen LogP contribution in [-0.4, -0.2) is 19.1 Å². The fourth-order valence-electron chi connectivity index (χ4n) is 3.47. The van der Waals surface area contributed by atoms with Crippen molar-refractivity contribution in [2.75, 3.05) is 18.1 Å². The number of para-hydroxylation sites is 1. The van der Waals surface area contributed by atoms with Crippen LogP contribution in [0.5, 0.6) is 17.2 Å². The van der Waals surface area contributed by atoms with Crippen molar-refractivity contribution in [1.29, 1.82) is 0 Å². The van der Waals surface area contributed by atoms with Crippen LogP contribution < -0.4 is 14.4 Å². The molecule has 0 amide bonds. The summed E-state index contributed by atoms with van der Waals surface area (Å²) in [6.07, 6.45) is -0.0440. The lowest BCUT2D eigenvalue weighted by Gasteiger charge is -2.25. The van der Waals surface area contributed by atoms with Gasteiger partial charge in [-0.2, -0.15) is 0 Å². The van der Waals surface area contributed by atoms with E-state index in [2.05, 4.69) is 0 Å².